The number of carbonyl (C=O) groups is 1. The first kappa shape index (κ1) is 13.8. The molecular formula is C12H17ClN2O2. The predicted molar refractivity (Wildman–Crippen MR) is 69.5 cm³/mol. The molecule has 0 aliphatic carbocycles. The van der Waals surface area contributed by atoms with E-state index in [4.69, 9.17) is 22.1 Å². The fraction of sp³-hybridized carbons (Fsp3) is 0.417. The van der Waals surface area contributed by atoms with Crippen LogP contribution in [0.2, 0.25) is 5.02 Å². The van der Waals surface area contributed by atoms with Crippen molar-refractivity contribution in [3.8, 4) is 5.75 Å². The van der Waals surface area contributed by atoms with Crippen molar-refractivity contribution < 1.29 is 9.53 Å². The molecule has 0 unspecified atom stereocenters. The zero-order chi connectivity index (χ0) is 12.8. The topological polar surface area (TPSA) is 64.3 Å². The first-order chi connectivity index (χ1) is 8.04. The Bertz CT molecular complexity index is 394. The van der Waals surface area contributed by atoms with Gasteiger partial charge in [0.15, 0.2) is 5.75 Å². The molecule has 0 aromatic heterocycles. The summed E-state index contributed by atoms with van der Waals surface area (Å²) in [5.41, 5.74) is 5.89. The number of benzene rings is 1. The van der Waals surface area contributed by atoms with Gasteiger partial charge < -0.3 is 15.8 Å². The molecule has 1 aromatic carbocycles. The van der Waals surface area contributed by atoms with E-state index in [2.05, 4.69) is 5.32 Å². The summed E-state index contributed by atoms with van der Waals surface area (Å²) in [6.45, 7) is 4.11. The van der Waals surface area contributed by atoms with Gasteiger partial charge in [0.2, 0.25) is 5.91 Å². The number of amides is 1. The van der Waals surface area contributed by atoms with E-state index in [1.807, 2.05) is 13.8 Å². The third-order valence-corrected chi connectivity index (χ3v) is 2.26. The van der Waals surface area contributed by atoms with Gasteiger partial charge in [0.25, 0.3) is 0 Å². The third kappa shape index (κ3) is 4.24. The molecule has 5 heteroatoms. The Morgan fingerprint density at radius 2 is 2.24 bits per heavy atom. The molecule has 17 heavy (non-hydrogen) atoms. The number of anilines is 1. The average Bonchev–Trinajstić information content (AvgIpc) is 2.23. The summed E-state index contributed by atoms with van der Waals surface area (Å²) in [7, 11) is 0. The van der Waals surface area contributed by atoms with Crippen LogP contribution in [0.3, 0.4) is 0 Å². The standard InChI is InChI=1S/C12H17ClN2O2/c1-8(2)17-12-9(13)4-3-5-10(12)15-11(16)6-7-14/h3-5,8H,6-7,14H2,1-2H3,(H,15,16). The van der Waals surface area contributed by atoms with Crippen molar-refractivity contribution in [2.24, 2.45) is 5.73 Å². The SMILES string of the molecule is CC(C)Oc1c(Cl)cccc1NC(=O)CCN. The summed E-state index contributed by atoms with van der Waals surface area (Å²) in [6, 6.07) is 5.23. The summed E-state index contributed by atoms with van der Waals surface area (Å²) >= 11 is 6.03. The molecule has 0 aliphatic heterocycles. The number of para-hydroxylation sites is 1. The molecule has 0 radical (unpaired) electrons. The lowest BCUT2D eigenvalue weighted by atomic mass is 10.2. The van der Waals surface area contributed by atoms with Crippen molar-refractivity contribution in [2.75, 3.05) is 11.9 Å². The van der Waals surface area contributed by atoms with Crippen LogP contribution in [-0.2, 0) is 4.79 Å². The van der Waals surface area contributed by atoms with Gasteiger partial charge in [-0.05, 0) is 26.0 Å². The number of rotatable bonds is 5. The van der Waals surface area contributed by atoms with E-state index >= 15 is 0 Å². The Hall–Kier alpha value is -1.26. The number of halogens is 1. The molecule has 3 N–H and O–H groups in total. The Morgan fingerprint density at radius 3 is 2.82 bits per heavy atom. The molecule has 4 nitrogen and oxygen atoms in total. The smallest absolute Gasteiger partial charge is 0.225 e. The highest BCUT2D eigenvalue weighted by Crippen LogP contribution is 2.33. The van der Waals surface area contributed by atoms with Crippen molar-refractivity contribution in [3.05, 3.63) is 23.2 Å². The lowest BCUT2D eigenvalue weighted by molar-refractivity contribution is -0.116. The maximum absolute atomic E-state index is 11.5. The average molecular weight is 257 g/mol. The third-order valence-electron chi connectivity index (χ3n) is 1.97. The summed E-state index contributed by atoms with van der Waals surface area (Å²) in [5.74, 6) is 0.345. The minimum absolute atomic E-state index is 0.0138. The zero-order valence-electron chi connectivity index (χ0n) is 10.00. The van der Waals surface area contributed by atoms with E-state index in [1.165, 1.54) is 0 Å². The Morgan fingerprint density at radius 1 is 1.53 bits per heavy atom. The van der Waals surface area contributed by atoms with Gasteiger partial charge >= 0.3 is 0 Å². The van der Waals surface area contributed by atoms with E-state index in [-0.39, 0.29) is 18.4 Å². The van der Waals surface area contributed by atoms with Crippen LogP contribution in [0.4, 0.5) is 5.69 Å². The van der Waals surface area contributed by atoms with Crippen molar-refractivity contribution in [2.45, 2.75) is 26.4 Å². The quantitative estimate of drug-likeness (QED) is 0.850. The van der Waals surface area contributed by atoms with Gasteiger partial charge in [-0.15, -0.1) is 0 Å². The summed E-state index contributed by atoms with van der Waals surface area (Å²) in [4.78, 5) is 11.5. The highest BCUT2D eigenvalue weighted by Gasteiger charge is 2.12. The number of ether oxygens (including phenoxy) is 1. The van der Waals surface area contributed by atoms with Crippen LogP contribution in [0.15, 0.2) is 18.2 Å². The van der Waals surface area contributed by atoms with Crippen LogP contribution in [-0.4, -0.2) is 18.6 Å². The van der Waals surface area contributed by atoms with E-state index in [1.54, 1.807) is 18.2 Å². The van der Waals surface area contributed by atoms with Gasteiger partial charge in [-0.2, -0.15) is 0 Å². The second-order valence-corrected chi connectivity index (χ2v) is 4.28. The van der Waals surface area contributed by atoms with Crippen LogP contribution in [0.25, 0.3) is 0 Å². The monoisotopic (exact) mass is 256 g/mol. The number of hydrogen-bond donors (Lipinski definition) is 2. The minimum atomic E-state index is -0.150. The van der Waals surface area contributed by atoms with Crippen LogP contribution in [0, 0.1) is 0 Å². The van der Waals surface area contributed by atoms with Gasteiger partial charge in [0, 0.05) is 13.0 Å². The van der Waals surface area contributed by atoms with Crippen molar-refractivity contribution in [3.63, 3.8) is 0 Å². The normalized spacial score (nSPS) is 10.4. The van der Waals surface area contributed by atoms with Gasteiger partial charge in [-0.3, -0.25) is 4.79 Å². The second kappa shape index (κ2) is 6.47. The fourth-order valence-corrected chi connectivity index (χ4v) is 1.53. The molecule has 0 atom stereocenters. The summed E-state index contributed by atoms with van der Waals surface area (Å²) < 4.78 is 5.58. The molecule has 0 spiro atoms. The molecule has 94 valence electrons. The molecule has 0 bridgehead atoms. The highest BCUT2D eigenvalue weighted by molar-refractivity contribution is 6.32. The molecule has 1 amide bonds. The summed E-state index contributed by atoms with van der Waals surface area (Å²) in [6.07, 6.45) is 0.258. The van der Waals surface area contributed by atoms with Crippen molar-refractivity contribution in [1.82, 2.24) is 0 Å². The Labute approximate surface area is 106 Å². The molecule has 0 fully saturated rings. The maximum Gasteiger partial charge on any atom is 0.225 e. The number of hydrogen-bond acceptors (Lipinski definition) is 3. The van der Waals surface area contributed by atoms with Crippen molar-refractivity contribution in [1.29, 1.82) is 0 Å². The fourth-order valence-electron chi connectivity index (χ4n) is 1.31. The first-order valence-electron chi connectivity index (χ1n) is 5.49. The second-order valence-electron chi connectivity index (χ2n) is 3.87. The largest absolute Gasteiger partial charge is 0.487 e. The minimum Gasteiger partial charge on any atom is -0.487 e. The maximum atomic E-state index is 11.5. The first-order valence-corrected chi connectivity index (χ1v) is 5.87. The molecule has 1 rings (SSSR count). The highest BCUT2D eigenvalue weighted by atomic mass is 35.5. The molecule has 0 saturated carbocycles. The van der Waals surface area contributed by atoms with Gasteiger partial charge in [-0.25, -0.2) is 0 Å². The molecule has 1 aromatic rings. The summed E-state index contributed by atoms with van der Waals surface area (Å²) in [5, 5.41) is 3.21. The molecule has 0 saturated heterocycles. The Kier molecular flexibility index (Phi) is 5.25. The Balaban J connectivity index is 2.90. The zero-order valence-corrected chi connectivity index (χ0v) is 10.8. The number of nitrogens with one attached hydrogen (secondary N) is 1. The molecule has 0 heterocycles. The molecule has 0 aliphatic rings. The van der Waals surface area contributed by atoms with Gasteiger partial charge in [-0.1, -0.05) is 17.7 Å². The van der Waals surface area contributed by atoms with Crippen LogP contribution >= 0.6 is 11.6 Å². The van der Waals surface area contributed by atoms with Gasteiger partial charge in [0.1, 0.15) is 0 Å². The lowest BCUT2D eigenvalue weighted by Gasteiger charge is -2.16. The van der Waals surface area contributed by atoms with Crippen molar-refractivity contribution >= 4 is 23.2 Å². The van der Waals surface area contributed by atoms with E-state index in [0.29, 0.717) is 23.0 Å². The van der Waals surface area contributed by atoms with E-state index in [0.717, 1.165) is 0 Å². The molecular weight excluding hydrogens is 240 g/mol. The number of nitrogens with two attached hydrogens (primary N) is 1. The van der Waals surface area contributed by atoms with Gasteiger partial charge in [0.05, 0.1) is 16.8 Å². The lowest BCUT2D eigenvalue weighted by Crippen LogP contribution is -2.17. The number of carbonyl (C=O) groups excluding carboxylic acids is 1. The van der Waals surface area contributed by atoms with E-state index in [9.17, 15) is 4.79 Å². The predicted octanol–water partition coefficient (Wildman–Crippen LogP) is 2.41. The van der Waals surface area contributed by atoms with E-state index < -0.39 is 0 Å². The van der Waals surface area contributed by atoms with Crippen LogP contribution in [0.1, 0.15) is 20.3 Å². The van der Waals surface area contributed by atoms with Crippen LogP contribution < -0.4 is 15.8 Å². The van der Waals surface area contributed by atoms with Crippen LogP contribution in [0.5, 0.6) is 5.75 Å².